The molecule has 0 bridgehead atoms. The molecule has 1 N–H and O–H groups in total. The van der Waals surface area contributed by atoms with Crippen LogP contribution in [-0.4, -0.2) is 30.1 Å². The molecule has 1 aromatic rings. The van der Waals surface area contributed by atoms with Crippen molar-refractivity contribution in [3.8, 4) is 0 Å². The summed E-state index contributed by atoms with van der Waals surface area (Å²) in [5.41, 5.74) is -1.36. The van der Waals surface area contributed by atoms with Gasteiger partial charge in [0, 0.05) is 0 Å². The largest absolute Gasteiger partial charge is 0.480 e. The zero-order chi connectivity index (χ0) is 11.1. The molecule has 0 saturated carbocycles. The number of thiophene rings is 1. The maximum atomic E-state index is 11.9. The fraction of sp³-hybridized carbons (Fsp3) is 0.333. The molecule has 1 fully saturated rings. The summed E-state index contributed by atoms with van der Waals surface area (Å²) in [5.74, 6) is -1.47. The Labute approximate surface area is 98.0 Å². The first-order chi connectivity index (χ1) is 7.06. The van der Waals surface area contributed by atoms with Gasteiger partial charge in [-0.1, -0.05) is 0 Å². The van der Waals surface area contributed by atoms with E-state index in [1.807, 2.05) is 0 Å². The summed E-state index contributed by atoms with van der Waals surface area (Å²) >= 11 is 4.47. The predicted octanol–water partition coefficient (Wildman–Crippen LogP) is 1.79. The molecule has 80 valence electrons. The molecule has 0 radical (unpaired) electrons. The molecule has 0 atom stereocenters. The van der Waals surface area contributed by atoms with Crippen LogP contribution in [0.4, 0.5) is 0 Å². The van der Waals surface area contributed by atoms with Crippen LogP contribution in [0.5, 0.6) is 0 Å². The van der Waals surface area contributed by atoms with E-state index < -0.39 is 11.4 Å². The summed E-state index contributed by atoms with van der Waals surface area (Å²) in [6, 6.07) is 3.35. The summed E-state index contributed by atoms with van der Waals surface area (Å²) in [7, 11) is 0. The van der Waals surface area contributed by atoms with Gasteiger partial charge in [0.1, 0.15) is 0 Å². The van der Waals surface area contributed by atoms with Crippen molar-refractivity contribution in [3.05, 3.63) is 20.8 Å². The summed E-state index contributed by atoms with van der Waals surface area (Å²) in [5, 5.41) is 9.01. The Kier molecular flexibility index (Phi) is 2.66. The fourth-order valence-electron chi connectivity index (χ4n) is 1.33. The minimum Gasteiger partial charge on any atom is -0.480 e. The van der Waals surface area contributed by atoms with Crippen LogP contribution in [-0.2, 0) is 9.53 Å². The summed E-state index contributed by atoms with van der Waals surface area (Å²) in [6.07, 6.45) is 0. The SMILES string of the molecule is O=C(O)C1(C(=O)c2ccc(Br)s2)COC1. The molecular formula is C9H7BrO4S. The van der Waals surface area contributed by atoms with Crippen LogP contribution in [0, 0.1) is 5.41 Å². The van der Waals surface area contributed by atoms with Crippen LogP contribution in [0.25, 0.3) is 0 Å². The zero-order valence-electron chi connectivity index (χ0n) is 7.53. The summed E-state index contributed by atoms with van der Waals surface area (Å²) < 4.78 is 5.65. The Bertz CT molecular complexity index is 422. The van der Waals surface area contributed by atoms with E-state index in [1.54, 1.807) is 12.1 Å². The first kappa shape index (κ1) is 10.8. The van der Waals surface area contributed by atoms with Crippen molar-refractivity contribution in [2.45, 2.75) is 0 Å². The molecule has 4 nitrogen and oxygen atoms in total. The second-order valence-corrected chi connectivity index (χ2v) is 5.78. The van der Waals surface area contributed by atoms with Crippen LogP contribution >= 0.6 is 27.3 Å². The molecule has 15 heavy (non-hydrogen) atoms. The molecule has 0 unspecified atom stereocenters. The Morgan fingerprint density at radius 1 is 1.47 bits per heavy atom. The second kappa shape index (κ2) is 3.70. The molecule has 1 aliphatic heterocycles. The van der Waals surface area contributed by atoms with Gasteiger partial charge in [0.2, 0.25) is 0 Å². The minimum absolute atomic E-state index is 0.0311. The van der Waals surface area contributed by atoms with Gasteiger partial charge in [-0.05, 0) is 28.1 Å². The van der Waals surface area contributed by atoms with E-state index in [1.165, 1.54) is 11.3 Å². The lowest BCUT2D eigenvalue weighted by molar-refractivity contribution is -0.168. The molecule has 2 rings (SSSR count). The molecule has 6 heteroatoms. The van der Waals surface area contributed by atoms with Crippen LogP contribution < -0.4 is 0 Å². The van der Waals surface area contributed by atoms with E-state index in [2.05, 4.69) is 15.9 Å². The number of halogens is 1. The molecule has 2 heterocycles. The molecule has 0 aromatic carbocycles. The molecule has 1 aliphatic rings. The topological polar surface area (TPSA) is 63.6 Å². The van der Waals surface area contributed by atoms with Crippen LogP contribution in [0.3, 0.4) is 0 Å². The van der Waals surface area contributed by atoms with Crippen LogP contribution in [0.2, 0.25) is 0 Å². The van der Waals surface area contributed by atoms with Gasteiger partial charge in [-0.15, -0.1) is 11.3 Å². The van der Waals surface area contributed by atoms with Crippen molar-refractivity contribution in [2.75, 3.05) is 13.2 Å². The number of ketones is 1. The molecule has 0 spiro atoms. The number of carboxylic acids is 1. The first-order valence-corrected chi connectivity index (χ1v) is 5.78. The lowest BCUT2D eigenvalue weighted by Gasteiger charge is -2.35. The van der Waals surface area contributed by atoms with Crippen molar-refractivity contribution in [2.24, 2.45) is 5.41 Å². The Balaban J connectivity index is 2.31. The minimum atomic E-state index is -1.36. The normalized spacial score (nSPS) is 18.2. The zero-order valence-corrected chi connectivity index (χ0v) is 9.93. The highest BCUT2D eigenvalue weighted by Gasteiger charge is 2.53. The molecular weight excluding hydrogens is 284 g/mol. The van der Waals surface area contributed by atoms with Gasteiger partial charge in [-0.2, -0.15) is 0 Å². The number of carboxylic acid groups (broad SMARTS) is 1. The third kappa shape index (κ3) is 1.62. The number of aliphatic carboxylic acids is 1. The van der Waals surface area contributed by atoms with Gasteiger partial charge in [0.05, 0.1) is 21.9 Å². The van der Waals surface area contributed by atoms with E-state index in [0.717, 1.165) is 3.79 Å². The Hall–Kier alpha value is -0.720. The Morgan fingerprint density at radius 3 is 2.47 bits per heavy atom. The number of rotatable bonds is 3. The highest BCUT2D eigenvalue weighted by Crippen LogP contribution is 2.35. The van der Waals surface area contributed by atoms with E-state index in [9.17, 15) is 9.59 Å². The number of carbonyl (C=O) groups excluding carboxylic acids is 1. The summed E-state index contributed by atoms with van der Waals surface area (Å²) in [4.78, 5) is 23.4. The number of carbonyl (C=O) groups is 2. The van der Waals surface area contributed by atoms with E-state index in [-0.39, 0.29) is 19.0 Å². The molecule has 0 aliphatic carbocycles. The number of ether oxygens (including phenoxy) is 1. The lowest BCUT2D eigenvalue weighted by atomic mass is 9.81. The van der Waals surface area contributed by atoms with Gasteiger partial charge in [0.25, 0.3) is 0 Å². The van der Waals surface area contributed by atoms with Gasteiger partial charge in [0.15, 0.2) is 11.2 Å². The maximum absolute atomic E-state index is 11.9. The van der Waals surface area contributed by atoms with Crippen LogP contribution in [0.15, 0.2) is 15.9 Å². The number of hydrogen-bond donors (Lipinski definition) is 1. The van der Waals surface area contributed by atoms with Gasteiger partial charge >= 0.3 is 5.97 Å². The highest BCUT2D eigenvalue weighted by atomic mass is 79.9. The highest BCUT2D eigenvalue weighted by molar-refractivity contribution is 9.11. The Morgan fingerprint density at radius 2 is 2.13 bits per heavy atom. The molecule has 1 aromatic heterocycles. The predicted molar refractivity (Wildman–Crippen MR) is 57.2 cm³/mol. The van der Waals surface area contributed by atoms with Crippen molar-refractivity contribution in [3.63, 3.8) is 0 Å². The van der Waals surface area contributed by atoms with E-state index in [0.29, 0.717) is 4.88 Å². The van der Waals surface area contributed by atoms with Crippen LogP contribution in [0.1, 0.15) is 9.67 Å². The average Bonchev–Trinajstić information content (AvgIpc) is 2.48. The third-order valence-corrected chi connectivity index (χ3v) is 3.96. The fourth-order valence-corrected chi connectivity index (χ4v) is 2.76. The van der Waals surface area contributed by atoms with Gasteiger partial charge in [-0.25, -0.2) is 0 Å². The quantitative estimate of drug-likeness (QED) is 0.681. The number of hydrogen-bond acceptors (Lipinski definition) is 4. The van der Waals surface area contributed by atoms with E-state index >= 15 is 0 Å². The van der Waals surface area contributed by atoms with Crippen molar-refractivity contribution in [1.29, 1.82) is 0 Å². The smallest absolute Gasteiger partial charge is 0.322 e. The van der Waals surface area contributed by atoms with E-state index in [4.69, 9.17) is 9.84 Å². The molecule has 0 amide bonds. The van der Waals surface area contributed by atoms with Crippen molar-refractivity contribution < 1.29 is 19.4 Å². The van der Waals surface area contributed by atoms with Gasteiger partial charge < -0.3 is 9.84 Å². The first-order valence-electron chi connectivity index (χ1n) is 4.17. The average molecular weight is 291 g/mol. The maximum Gasteiger partial charge on any atom is 0.322 e. The van der Waals surface area contributed by atoms with Gasteiger partial charge in [-0.3, -0.25) is 9.59 Å². The lowest BCUT2D eigenvalue weighted by Crippen LogP contribution is -2.54. The molecule has 1 saturated heterocycles. The standard InChI is InChI=1S/C9H7BrO4S/c10-6-2-1-5(15-6)7(11)9(8(12)13)3-14-4-9/h1-2H,3-4H2,(H,12,13). The summed E-state index contributed by atoms with van der Waals surface area (Å²) in [6.45, 7) is -0.0621. The third-order valence-electron chi connectivity index (χ3n) is 2.34. The second-order valence-electron chi connectivity index (χ2n) is 3.31. The van der Waals surface area contributed by atoms with Crippen molar-refractivity contribution in [1.82, 2.24) is 0 Å². The monoisotopic (exact) mass is 290 g/mol. The number of Topliss-reactive ketones (excluding diaryl/α,β-unsaturated/α-hetero) is 1. The van der Waals surface area contributed by atoms with Crippen molar-refractivity contribution >= 4 is 39.0 Å².